The molecule has 4 rings (SSSR count). The zero-order valence-electron chi connectivity index (χ0n) is 17.6. The monoisotopic (exact) mass is 402 g/mol. The number of nitrogens with one attached hydrogen (secondary N) is 1. The van der Waals surface area contributed by atoms with Gasteiger partial charge in [0.2, 0.25) is 5.91 Å². The molecule has 0 bridgehead atoms. The molecule has 0 spiro atoms. The Morgan fingerprint density at radius 2 is 2.07 bits per heavy atom. The number of anilines is 2. The number of nitriles is 1. The smallest absolute Gasteiger partial charge is 0.245 e. The number of rotatable bonds is 5. The Morgan fingerprint density at radius 1 is 1.27 bits per heavy atom. The molecule has 154 valence electrons. The van der Waals surface area contributed by atoms with E-state index in [4.69, 9.17) is 4.42 Å². The fourth-order valence-electron chi connectivity index (χ4n) is 4.21. The number of aryl methyl sites for hydroxylation is 1. The highest BCUT2D eigenvalue weighted by atomic mass is 16.3. The number of nitrogens with zero attached hydrogens (tertiary/aromatic N) is 3. The van der Waals surface area contributed by atoms with Gasteiger partial charge in [-0.15, -0.1) is 0 Å². The molecule has 0 saturated carbocycles. The first kappa shape index (κ1) is 19.8. The van der Waals surface area contributed by atoms with Gasteiger partial charge in [0.15, 0.2) is 0 Å². The highest BCUT2D eigenvalue weighted by Gasteiger charge is 2.26. The van der Waals surface area contributed by atoms with Gasteiger partial charge in [-0.25, -0.2) is 0 Å². The van der Waals surface area contributed by atoms with Crippen molar-refractivity contribution in [2.75, 3.05) is 16.8 Å². The zero-order valence-corrected chi connectivity index (χ0v) is 17.6. The lowest BCUT2D eigenvalue weighted by atomic mass is 9.96. The van der Waals surface area contributed by atoms with Crippen molar-refractivity contribution in [3.8, 4) is 6.07 Å². The summed E-state index contributed by atoms with van der Waals surface area (Å²) in [6.07, 6.45) is 3.67. The van der Waals surface area contributed by atoms with Crippen LogP contribution in [0.15, 0.2) is 47.1 Å². The van der Waals surface area contributed by atoms with Gasteiger partial charge in [-0.3, -0.25) is 4.79 Å². The SMILES string of the molecule is Cc1c(C#N)c(NC(=O)CN2c3ccccc3CC[C@@H]2C)n(Cc2ccco2)c1C. The molecule has 0 fully saturated rings. The Morgan fingerprint density at radius 3 is 2.80 bits per heavy atom. The molecule has 1 amide bonds. The molecule has 2 aromatic heterocycles. The molecular formula is C24H26N4O2. The Labute approximate surface area is 176 Å². The van der Waals surface area contributed by atoms with E-state index in [-0.39, 0.29) is 18.5 Å². The van der Waals surface area contributed by atoms with E-state index in [0.29, 0.717) is 17.9 Å². The minimum atomic E-state index is -0.131. The van der Waals surface area contributed by atoms with Crippen LogP contribution < -0.4 is 10.2 Å². The average molecular weight is 402 g/mol. The predicted molar refractivity (Wildman–Crippen MR) is 117 cm³/mol. The summed E-state index contributed by atoms with van der Waals surface area (Å²) in [7, 11) is 0. The van der Waals surface area contributed by atoms with E-state index in [1.54, 1.807) is 6.26 Å². The van der Waals surface area contributed by atoms with Crippen molar-refractivity contribution in [2.45, 2.75) is 46.2 Å². The lowest BCUT2D eigenvalue weighted by Crippen LogP contribution is -2.42. The molecule has 1 aliphatic rings. The largest absolute Gasteiger partial charge is 0.467 e. The second-order valence-electron chi connectivity index (χ2n) is 7.90. The maximum Gasteiger partial charge on any atom is 0.245 e. The van der Waals surface area contributed by atoms with E-state index in [2.05, 4.69) is 35.3 Å². The molecular weight excluding hydrogens is 376 g/mol. The van der Waals surface area contributed by atoms with Crippen LogP contribution in [0, 0.1) is 25.2 Å². The maximum absolute atomic E-state index is 13.1. The number of carbonyl (C=O) groups is 1. The topological polar surface area (TPSA) is 74.2 Å². The molecule has 0 radical (unpaired) electrons. The summed E-state index contributed by atoms with van der Waals surface area (Å²) in [4.78, 5) is 15.2. The summed E-state index contributed by atoms with van der Waals surface area (Å²) in [5.74, 6) is 1.17. The van der Waals surface area contributed by atoms with E-state index in [1.165, 1.54) is 5.56 Å². The maximum atomic E-state index is 13.1. The number of carbonyl (C=O) groups excluding carboxylic acids is 1. The van der Waals surface area contributed by atoms with E-state index >= 15 is 0 Å². The average Bonchev–Trinajstić information content (AvgIpc) is 3.33. The van der Waals surface area contributed by atoms with Crippen LogP contribution in [0.4, 0.5) is 11.5 Å². The van der Waals surface area contributed by atoms with Gasteiger partial charge in [-0.05, 0) is 62.9 Å². The van der Waals surface area contributed by atoms with Crippen LogP contribution in [0.3, 0.4) is 0 Å². The highest BCUT2D eigenvalue weighted by molar-refractivity contribution is 5.95. The lowest BCUT2D eigenvalue weighted by molar-refractivity contribution is -0.115. The first-order chi connectivity index (χ1) is 14.5. The molecule has 1 N–H and O–H groups in total. The molecule has 0 saturated heterocycles. The summed E-state index contributed by atoms with van der Waals surface area (Å²) in [5, 5.41) is 12.7. The third-order valence-corrected chi connectivity index (χ3v) is 6.07. The van der Waals surface area contributed by atoms with Gasteiger partial charge in [-0.2, -0.15) is 5.26 Å². The highest BCUT2D eigenvalue weighted by Crippen LogP contribution is 2.31. The molecule has 1 aliphatic heterocycles. The fraction of sp³-hybridized carbons (Fsp3) is 0.333. The number of amides is 1. The van der Waals surface area contributed by atoms with Crippen LogP contribution in [0.5, 0.6) is 0 Å². The quantitative estimate of drug-likeness (QED) is 0.686. The van der Waals surface area contributed by atoms with Crippen molar-refractivity contribution in [3.63, 3.8) is 0 Å². The number of aromatic nitrogens is 1. The van der Waals surface area contributed by atoms with Crippen LogP contribution in [0.25, 0.3) is 0 Å². The summed E-state index contributed by atoms with van der Waals surface area (Å²) in [6, 6.07) is 14.5. The van der Waals surface area contributed by atoms with Crippen LogP contribution in [-0.2, 0) is 17.8 Å². The molecule has 3 heterocycles. The minimum absolute atomic E-state index is 0.131. The van der Waals surface area contributed by atoms with Crippen LogP contribution in [-0.4, -0.2) is 23.1 Å². The van der Waals surface area contributed by atoms with Gasteiger partial charge in [0.05, 0.1) is 24.9 Å². The van der Waals surface area contributed by atoms with Crippen molar-refractivity contribution >= 4 is 17.4 Å². The molecule has 1 atom stereocenters. The van der Waals surface area contributed by atoms with Crippen molar-refractivity contribution in [1.82, 2.24) is 4.57 Å². The van der Waals surface area contributed by atoms with Crippen molar-refractivity contribution in [1.29, 1.82) is 5.26 Å². The summed E-state index contributed by atoms with van der Waals surface area (Å²) < 4.78 is 7.43. The number of hydrogen-bond acceptors (Lipinski definition) is 4. The Bertz CT molecular complexity index is 1110. The normalized spacial score (nSPS) is 15.5. The van der Waals surface area contributed by atoms with Gasteiger partial charge in [0, 0.05) is 17.4 Å². The first-order valence-electron chi connectivity index (χ1n) is 10.3. The van der Waals surface area contributed by atoms with E-state index < -0.39 is 0 Å². The Kier molecular flexibility index (Phi) is 5.37. The van der Waals surface area contributed by atoms with Gasteiger partial charge >= 0.3 is 0 Å². The summed E-state index contributed by atoms with van der Waals surface area (Å²) in [5.41, 5.74) is 4.70. The van der Waals surface area contributed by atoms with E-state index in [0.717, 1.165) is 35.5 Å². The molecule has 1 aromatic carbocycles. The molecule has 6 nitrogen and oxygen atoms in total. The summed E-state index contributed by atoms with van der Waals surface area (Å²) in [6.45, 7) is 6.72. The minimum Gasteiger partial charge on any atom is -0.467 e. The molecule has 0 aliphatic carbocycles. The number of fused-ring (bicyclic) bond motifs is 1. The van der Waals surface area contributed by atoms with E-state index in [9.17, 15) is 10.1 Å². The van der Waals surface area contributed by atoms with Crippen LogP contribution in [0.1, 0.15) is 41.5 Å². The van der Waals surface area contributed by atoms with E-state index in [1.807, 2.05) is 42.7 Å². The van der Waals surface area contributed by atoms with Crippen molar-refractivity contribution in [2.24, 2.45) is 0 Å². The third-order valence-electron chi connectivity index (χ3n) is 6.07. The molecule has 3 aromatic rings. The fourth-order valence-corrected chi connectivity index (χ4v) is 4.21. The van der Waals surface area contributed by atoms with Crippen molar-refractivity contribution in [3.05, 3.63) is 70.8 Å². The number of furan rings is 1. The molecule has 0 unspecified atom stereocenters. The summed E-state index contributed by atoms with van der Waals surface area (Å²) >= 11 is 0. The standard InChI is InChI=1S/C24H26N4O2/c1-16-10-11-19-7-4-5-9-22(19)27(16)15-23(29)26-24-21(13-25)17(2)18(3)28(24)14-20-8-6-12-30-20/h4-9,12,16H,10-11,14-15H2,1-3H3,(H,26,29)/t16-/m0/s1. The Hall–Kier alpha value is -3.46. The predicted octanol–water partition coefficient (Wildman–Crippen LogP) is 4.40. The molecule has 6 heteroatoms. The van der Waals surface area contributed by atoms with Crippen LogP contribution >= 0.6 is 0 Å². The zero-order chi connectivity index (χ0) is 21.3. The van der Waals surface area contributed by atoms with Gasteiger partial charge in [0.1, 0.15) is 17.6 Å². The number of benzene rings is 1. The van der Waals surface area contributed by atoms with Crippen molar-refractivity contribution < 1.29 is 9.21 Å². The second kappa shape index (κ2) is 8.11. The number of hydrogen-bond donors (Lipinski definition) is 1. The van der Waals surface area contributed by atoms with Gasteiger partial charge < -0.3 is 19.2 Å². The first-order valence-corrected chi connectivity index (χ1v) is 10.3. The second-order valence-corrected chi connectivity index (χ2v) is 7.90. The lowest BCUT2D eigenvalue weighted by Gasteiger charge is -2.36. The molecule has 30 heavy (non-hydrogen) atoms. The van der Waals surface area contributed by atoms with Gasteiger partial charge in [0.25, 0.3) is 0 Å². The number of para-hydroxylation sites is 1. The van der Waals surface area contributed by atoms with Gasteiger partial charge in [-0.1, -0.05) is 18.2 Å². The third kappa shape index (κ3) is 3.59. The Balaban J connectivity index is 1.61. The van der Waals surface area contributed by atoms with Crippen LogP contribution in [0.2, 0.25) is 0 Å².